The zero-order chi connectivity index (χ0) is 18.8. The molecular weight excluding hydrogens is 386 g/mol. The Bertz CT molecular complexity index is 857. The molecule has 132 valence electrons. The van der Waals surface area contributed by atoms with Gasteiger partial charge in [0, 0.05) is 16.7 Å². The second kappa shape index (κ2) is 7.16. The number of aromatic hydroxyl groups is 1. The molecule has 0 radical (unpaired) electrons. The molecule has 0 saturated heterocycles. The van der Waals surface area contributed by atoms with E-state index in [0.29, 0.717) is 12.1 Å². The Morgan fingerprint density at radius 2 is 1.92 bits per heavy atom. The number of nitrogens with one attached hydrogen (secondary N) is 1. The number of hydrogen-bond acceptors (Lipinski definition) is 5. The lowest BCUT2D eigenvalue weighted by Gasteiger charge is -2.08. The summed E-state index contributed by atoms with van der Waals surface area (Å²) in [5.41, 5.74) is 0.135. The number of hydrazone groups is 1. The van der Waals surface area contributed by atoms with Crippen LogP contribution in [0.5, 0.6) is 5.75 Å². The van der Waals surface area contributed by atoms with Crippen molar-refractivity contribution in [3.63, 3.8) is 0 Å². The first kappa shape index (κ1) is 18.8. The Morgan fingerprint density at radius 3 is 2.52 bits per heavy atom. The predicted octanol–water partition coefficient (Wildman–Crippen LogP) is 5.07. The van der Waals surface area contributed by atoms with Crippen LogP contribution in [0.1, 0.15) is 11.1 Å². The van der Waals surface area contributed by atoms with E-state index in [0.717, 1.165) is 12.3 Å². The van der Waals surface area contributed by atoms with E-state index in [2.05, 4.69) is 10.5 Å². The van der Waals surface area contributed by atoms with E-state index in [4.69, 9.17) is 23.2 Å². The SMILES string of the molecule is O=[N+]([O-])c1cc(C(F)(F)F)ccc1N/N=C/c1cc(Cl)cc(Cl)c1O. The Labute approximate surface area is 148 Å². The summed E-state index contributed by atoms with van der Waals surface area (Å²) in [5, 5.41) is 24.5. The highest BCUT2D eigenvalue weighted by atomic mass is 35.5. The standard InChI is InChI=1S/C14H8Cl2F3N3O3/c15-9-3-7(13(23)10(16)5-9)6-20-21-11-2-1-8(14(17,18)19)4-12(11)22(24)25/h1-6,21,23H/b20-6+. The van der Waals surface area contributed by atoms with Gasteiger partial charge in [0.1, 0.15) is 11.4 Å². The predicted molar refractivity (Wildman–Crippen MR) is 87.4 cm³/mol. The van der Waals surface area contributed by atoms with E-state index < -0.39 is 22.4 Å². The van der Waals surface area contributed by atoms with Crippen molar-refractivity contribution >= 4 is 40.8 Å². The number of rotatable bonds is 4. The number of phenols is 1. The van der Waals surface area contributed by atoms with Crippen LogP contribution in [0.15, 0.2) is 35.4 Å². The maximum Gasteiger partial charge on any atom is 0.416 e. The van der Waals surface area contributed by atoms with Crippen LogP contribution in [0.4, 0.5) is 24.5 Å². The molecule has 0 heterocycles. The van der Waals surface area contributed by atoms with Gasteiger partial charge in [-0.3, -0.25) is 15.5 Å². The molecule has 0 aliphatic carbocycles. The number of hydrogen-bond donors (Lipinski definition) is 2. The van der Waals surface area contributed by atoms with E-state index >= 15 is 0 Å². The monoisotopic (exact) mass is 393 g/mol. The molecule has 0 aromatic heterocycles. The third kappa shape index (κ3) is 4.52. The van der Waals surface area contributed by atoms with Gasteiger partial charge in [-0.25, -0.2) is 0 Å². The van der Waals surface area contributed by atoms with Crippen molar-refractivity contribution in [1.82, 2.24) is 0 Å². The van der Waals surface area contributed by atoms with Crippen molar-refractivity contribution in [1.29, 1.82) is 0 Å². The first-order valence-electron chi connectivity index (χ1n) is 6.42. The van der Waals surface area contributed by atoms with Crippen molar-refractivity contribution in [2.45, 2.75) is 6.18 Å². The molecule has 0 amide bonds. The fraction of sp³-hybridized carbons (Fsp3) is 0.0714. The molecule has 0 bridgehead atoms. The van der Waals surface area contributed by atoms with E-state index in [-0.39, 0.29) is 27.0 Å². The molecule has 2 aromatic carbocycles. The molecule has 0 aliphatic heterocycles. The molecule has 0 aliphatic rings. The van der Waals surface area contributed by atoms with Gasteiger partial charge >= 0.3 is 6.18 Å². The minimum atomic E-state index is -4.71. The van der Waals surface area contributed by atoms with E-state index in [9.17, 15) is 28.4 Å². The van der Waals surface area contributed by atoms with Crippen LogP contribution in [-0.4, -0.2) is 16.2 Å². The van der Waals surface area contributed by atoms with Crippen molar-refractivity contribution in [2.75, 3.05) is 5.43 Å². The number of nitro benzene ring substituents is 1. The molecule has 0 saturated carbocycles. The maximum absolute atomic E-state index is 12.6. The smallest absolute Gasteiger partial charge is 0.416 e. The van der Waals surface area contributed by atoms with Crippen LogP contribution in [0, 0.1) is 10.1 Å². The molecule has 0 fully saturated rings. The highest BCUT2D eigenvalue weighted by molar-refractivity contribution is 6.36. The Hall–Kier alpha value is -2.52. The van der Waals surface area contributed by atoms with Gasteiger partial charge in [-0.05, 0) is 24.3 Å². The zero-order valence-corrected chi connectivity index (χ0v) is 13.5. The fourth-order valence-corrected chi connectivity index (χ4v) is 2.32. The van der Waals surface area contributed by atoms with Gasteiger partial charge < -0.3 is 5.11 Å². The number of nitrogens with zero attached hydrogens (tertiary/aromatic N) is 2. The molecule has 6 nitrogen and oxygen atoms in total. The van der Waals surface area contributed by atoms with Gasteiger partial charge in [0.05, 0.1) is 21.7 Å². The quantitative estimate of drug-likeness (QED) is 0.431. The van der Waals surface area contributed by atoms with Gasteiger partial charge in [0.15, 0.2) is 0 Å². The van der Waals surface area contributed by atoms with E-state index in [1.165, 1.54) is 12.1 Å². The minimum absolute atomic E-state index is 0.0329. The number of nitro groups is 1. The molecule has 0 spiro atoms. The summed E-state index contributed by atoms with van der Waals surface area (Å²) in [7, 11) is 0. The number of halogens is 5. The van der Waals surface area contributed by atoms with E-state index in [1.54, 1.807) is 0 Å². The molecule has 0 unspecified atom stereocenters. The third-order valence-corrected chi connectivity index (χ3v) is 3.47. The summed E-state index contributed by atoms with van der Waals surface area (Å²) >= 11 is 11.5. The lowest BCUT2D eigenvalue weighted by Crippen LogP contribution is -2.06. The molecule has 11 heteroatoms. The molecular formula is C14H8Cl2F3N3O3. The normalized spacial score (nSPS) is 11.7. The minimum Gasteiger partial charge on any atom is -0.506 e. The van der Waals surface area contributed by atoms with Crippen LogP contribution in [0.2, 0.25) is 10.0 Å². The first-order valence-corrected chi connectivity index (χ1v) is 7.18. The second-order valence-corrected chi connectivity index (χ2v) is 5.53. The summed E-state index contributed by atoms with van der Waals surface area (Å²) in [4.78, 5) is 9.98. The molecule has 2 rings (SSSR count). The summed E-state index contributed by atoms with van der Waals surface area (Å²) in [5.74, 6) is -0.321. The molecule has 0 atom stereocenters. The van der Waals surface area contributed by atoms with Crippen LogP contribution in [0.3, 0.4) is 0 Å². The maximum atomic E-state index is 12.6. The second-order valence-electron chi connectivity index (χ2n) is 4.68. The number of phenolic OH excluding ortho intramolecular Hbond substituents is 1. The zero-order valence-electron chi connectivity index (χ0n) is 12.0. The Kier molecular flexibility index (Phi) is 5.39. The molecule has 2 aromatic rings. The van der Waals surface area contributed by atoms with Crippen molar-refractivity contribution in [3.05, 3.63) is 61.6 Å². The Morgan fingerprint density at radius 1 is 1.24 bits per heavy atom. The average Bonchev–Trinajstić information content (AvgIpc) is 2.50. The van der Waals surface area contributed by atoms with Gasteiger partial charge in [0.25, 0.3) is 5.69 Å². The fourth-order valence-electron chi connectivity index (χ4n) is 1.81. The number of anilines is 1. The first-order chi connectivity index (χ1) is 11.6. The van der Waals surface area contributed by atoms with Gasteiger partial charge in [-0.2, -0.15) is 18.3 Å². The summed E-state index contributed by atoms with van der Waals surface area (Å²) in [6, 6.07) is 4.58. The largest absolute Gasteiger partial charge is 0.506 e. The van der Waals surface area contributed by atoms with Crippen molar-refractivity contribution in [2.24, 2.45) is 5.10 Å². The molecule has 2 N–H and O–H groups in total. The Balaban J connectivity index is 2.30. The highest BCUT2D eigenvalue weighted by Crippen LogP contribution is 2.35. The van der Waals surface area contributed by atoms with Gasteiger partial charge in [-0.1, -0.05) is 23.2 Å². The van der Waals surface area contributed by atoms with Gasteiger partial charge in [0.2, 0.25) is 0 Å². The topological polar surface area (TPSA) is 87.8 Å². The van der Waals surface area contributed by atoms with Crippen LogP contribution < -0.4 is 5.43 Å². The lowest BCUT2D eigenvalue weighted by atomic mass is 10.1. The van der Waals surface area contributed by atoms with Gasteiger partial charge in [-0.15, -0.1) is 0 Å². The average molecular weight is 394 g/mol. The summed E-state index contributed by atoms with van der Waals surface area (Å²) < 4.78 is 37.9. The molecule has 25 heavy (non-hydrogen) atoms. The van der Waals surface area contributed by atoms with Crippen LogP contribution in [-0.2, 0) is 6.18 Å². The van der Waals surface area contributed by atoms with Crippen LogP contribution >= 0.6 is 23.2 Å². The van der Waals surface area contributed by atoms with Crippen molar-refractivity contribution in [3.8, 4) is 5.75 Å². The lowest BCUT2D eigenvalue weighted by molar-refractivity contribution is -0.384. The van der Waals surface area contributed by atoms with Crippen molar-refractivity contribution < 1.29 is 23.2 Å². The summed E-state index contributed by atoms with van der Waals surface area (Å²) in [6.45, 7) is 0. The number of benzene rings is 2. The highest BCUT2D eigenvalue weighted by Gasteiger charge is 2.33. The van der Waals surface area contributed by atoms with Crippen LogP contribution in [0.25, 0.3) is 0 Å². The number of alkyl halides is 3. The summed E-state index contributed by atoms with van der Waals surface area (Å²) in [6.07, 6.45) is -3.65. The third-order valence-electron chi connectivity index (χ3n) is 2.97. The van der Waals surface area contributed by atoms with E-state index in [1.807, 2.05) is 0 Å².